The average Bonchev–Trinajstić information content (AvgIpc) is 2.63. The van der Waals surface area contributed by atoms with Crippen LogP contribution in [0.3, 0.4) is 0 Å². The van der Waals surface area contributed by atoms with E-state index in [2.05, 4.69) is 29.3 Å². The summed E-state index contributed by atoms with van der Waals surface area (Å²) in [6.07, 6.45) is 2.07. The zero-order valence-corrected chi connectivity index (χ0v) is 14.2. The SMILES string of the molecule is C[C@H]1CCc2ccccc2N1CC(=O)N1CC(=O)Nc2ccccc21. The predicted octanol–water partition coefficient (Wildman–Crippen LogP) is 2.81. The monoisotopic (exact) mass is 335 g/mol. The Morgan fingerprint density at radius 3 is 2.68 bits per heavy atom. The molecule has 1 atom stereocenters. The normalized spacial score (nSPS) is 19.1. The number of hydrogen-bond acceptors (Lipinski definition) is 3. The third kappa shape index (κ3) is 2.86. The van der Waals surface area contributed by atoms with Crippen LogP contribution in [0.1, 0.15) is 18.9 Å². The standard InChI is InChI=1S/C20H21N3O2/c1-14-10-11-15-6-2-4-8-17(15)22(14)13-20(25)23-12-19(24)21-16-7-3-5-9-18(16)23/h2-9,14H,10-13H2,1H3,(H,21,24)/t14-/m0/s1. The lowest BCUT2D eigenvalue weighted by Gasteiger charge is -2.38. The highest BCUT2D eigenvalue weighted by atomic mass is 16.2. The van der Waals surface area contributed by atoms with Gasteiger partial charge in [-0.05, 0) is 43.5 Å². The van der Waals surface area contributed by atoms with Gasteiger partial charge in [0.1, 0.15) is 6.54 Å². The van der Waals surface area contributed by atoms with E-state index in [1.54, 1.807) is 4.90 Å². The van der Waals surface area contributed by atoms with Gasteiger partial charge in [-0.3, -0.25) is 14.5 Å². The van der Waals surface area contributed by atoms with E-state index in [0.717, 1.165) is 24.2 Å². The molecule has 2 aromatic rings. The number of anilines is 3. The summed E-state index contributed by atoms with van der Waals surface area (Å²) in [4.78, 5) is 28.8. The number of carbonyl (C=O) groups is 2. The molecule has 2 aliphatic heterocycles. The fraction of sp³-hybridized carbons (Fsp3) is 0.300. The van der Waals surface area contributed by atoms with Crippen molar-refractivity contribution in [2.45, 2.75) is 25.8 Å². The second kappa shape index (κ2) is 6.24. The second-order valence-electron chi connectivity index (χ2n) is 6.69. The van der Waals surface area contributed by atoms with Crippen molar-refractivity contribution >= 4 is 28.9 Å². The van der Waals surface area contributed by atoms with Crippen LogP contribution >= 0.6 is 0 Å². The molecule has 2 aromatic carbocycles. The maximum atomic E-state index is 13.0. The third-order valence-corrected chi connectivity index (χ3v) is 5.04. The first-order valence-corrected chi connectivity index (χ1v) is 8.67. The lowest BCUT2D eigenvalue weighted by molar-refractivity contribution is -0.121. The molecule has 2 heterocycles. The molecule has 0 saturated carbocycles. The molecular formula is C20H21N3O2. The topological polar surface area (TPSA) is 52.7 Å². The first kappa shape index (κ1) is 15.7. The van der Waals surface area contributed by atoms with Gasteiger partial charge in [0.2, 0.25) is 11.8 Å². The number of amides is 2. The van der Waals surface area contributed by atoms with Crippen molar-refractivity contribution < 1.29 is 9.59 Å². The van der Waals surface area contributed by atoms with Gasteiger partial charge in [0.15, 0.2) is 0 Å². The summed E-state index contributed by atoms with van der Waals surface area (Å²) in [6.45, 7) is 2.50. The third-order valence-electron chi connectivity index (χ3n) is 5.04. The molecule has 0 bridgehead atoms. The number of nitrogens with one attached hydrogen (secondary N) is 1. The minimum absolute atomic E-state index is 0.0501. The number of nitrogens with zero attached hydrogens (tertiary/aromatic N) is 2. The van der Waals surface area contributed by atoms with E-state index in [4.69, 9.17) is 0 Å². The minimum atomic E-state index is -0.154. The average molecular weight is 335 g/mol. The van der Waals surface area contributed by atoms with Gasteiger partial charge in [0.25, 0.3) is 0 Å². The summed E-state index contributed by atoms with van der Waals surface area (Å²) in [6, 6.07) is 16.0. The number of carbonyl (C=O) groups excluding carboxylic acids is 2. The van der Waals surface area contributed by atoms with Crippen LogP contribution in [-0.2, 0) is 16.0 Å². The van der Waals surface area contributed by atoms with Crippen LogP contribution in [0.25, 0.3) is 0 Å². The van der Waals surface area contributed by atoms with Crippen molar-refractivity contribution in [2.24, 2.45) is 0 Å². The van der Waals surface area contributed by atoms with E-state index >= 15 is 0 Å². The molecule has 25 heavy (non-hydrogen) atoms. The van der Waals surface area contributed by atoms with Crippen molar-refractivity contribution in [1.82, 2.24) is 0 Å². The Morgan fingerprint density at radius 2 is 1.84 bits per heavy atom. The van der Waals surface area contributed by atoms with Crippen molar-refractivity contribution in [3.8, 4) is 0 Å². The lowest BCUT2D eigenvalue weighted by atomic mass is 9.96. The molecule has 0 spiro atoms. The van der Waals surface area contributed by atoms with Crippen LogP contribution in [-0.4, -0.2) is 30.9 Å². The summed E-state index contributed by atoms with van der Waals surface area (Å²) < 4.78 is 0. The molecule has 0 aromatic heterocycles. The van der Waals surface area contributed by atoms with Gasteiger partial charge < -0.3 is 10.2 Å². The van der Waals surface area contributed by atoms with Crippen LogP contribution in [0.4, 0.5) is 17.1 Å². The van der Waals surface area contributed by atoms with Gasteiger partial charge >= 0.3 is 0 Å². The first-order chi connectivity index (χ1) is 12.1. The van der Waals surface area contributed by atoms with Crippen molar-refractivity contribution in [2.75, 3.05) is 28.2 Å². The molecule has 0 unspecified atom stereocenters. The largest absolute Gasteiger partial charge is 0.359 e. The molecular weight excluding hydrogens is 314 g/mol. The maximum Gasteiger partial charge on any atom is 0.247 e. The van der Waals surface area contributed by atoms with E-state index in [-0.39, 0.29) is 24.9 Å². The van der Waals surface area contributed by atoms with Crippen LogP contribution < -0.4 is 15.1 Å². The number of rotatable bonds is 2. The number of para-hydroxylation sites is 3. The van der Waals surface area contributed by atoms with Crippen molar-refractivity contribution in [3.05, 3.63) is 54.1 Å². The first-order valence-electron chi connectivity index (χ1n) is 8.67. The molecule has 2 amide bonds. The highest BCUT2D eigenvalue weighted by molar-refractivity contribution is 6.10. The van der Waals surface area contributed by atoms with E-state index < -0.39 is 0 Å². The van der Waals surface area contributed by atoms with Gasteiger partial charge in [-0.2, -0.15) is 0 Å². The molecule has 5 nitrogen and oxygen atoms in total. The van der Waals surface area contributed by atoms with Crippen LogP contribution in [0.15, 0.2) is 48.5 Å². The Bertz CT molecular complexity index is 833. The Kier molecular flexibility index (Phi) is 3.92. The second-order valence-corrected chi connectivity index (χ2v) is 6.69. The van der Waals surface area contributed by atoms with E-state index in [1.807, 2.05) is 36.4 Å². The van der Waals surface area contributed by atoms with Crippen LogP contribution in [0, 0.1) is 0 Å². The number of aryl methyl sites for hydroxylation is 1. The fourth-order valence-electron chi connectivity index (χ4n) is 3.69. The summed E-state index contributed by atoms with van der Waals surface area (Å²) in [7, 11) is 0. The van der Waals surface area contributed by atoms with E-state index in [9.17, 15) is 9.59 Å². The van der Waals surface area contributed by atoms with Gasteiger partial charge in [0, 0.05) is 11.7 Å². The Hall–Kier alpha value is -2.82. The summed E-state index contributed by atoms with van der Waals surface area (Å²) in [5.74, 6) is -0.204. The lowest BCUT2D eigenvalue weighted by Crippen LogP contribution is -2.49. The summed E-state index contributed by atoms with van der Waals surface area (Å²) >= 11 is 0. The van der Waals surface area contributed by atoms with Gasteiger partial charge in [-0.15, -0.1) is 0 Å². The summed E-state index contributed by atoms with van der Waals surface area (Å²) in [5.41, 5.74) is 3.87. The molecule has 2 aliphatic rings. The molecule has 5 heteroatoms. The molecule has 0 radical (unpaired) electrons. The highest BCUT2D eigenvalue weighted by Crippen LogP contribution is 2.32. The number of benzene rings is 2. The van der Waals surface area contributed by atoms with Crippen molar-refractivity contribution in [3.63, 3.8) is 0 Å². The highest BCUT2D eigenvalue weighted by Gasteiger charge is 2.30. The van der Waals surface area contributed by atoms with E-state index in [0.29, 0.717) is 11.7 Å². The zero-order valence-electron chi connectivity index (χ0n) is 14.2. The predicted molar refractivity (Wildman–Crippen MR) is 99.0 cm³/mol. The Balaban J connectivity index is 1.62. The van der Waals surface area contributed by atoms with E-state index in [1.165, 1.54) is 5.56 Å². The zero-order chi connectivity index (χ0) is 17.4. The van der Waals surface area contributed by atoms with Gasteiger partial charge in [-0.25, -0.2) is 0 Å². The smallest absolute Gasteiger partial charge is 0.247 e. The maximum absolute atomic E-state index is 13.0. The summed E-state index contributed by atoms with van der Waals surface area (Å²) in [5, 5.41) is 2.83. The Morgan fingerprint density at radius 1 is 1.12 bits per heavy atom. The molecule has 0 fully saturated rings. The van der Waals surface area contributed by atoms with Gasteiger partial charge in [0.05, 0.1) is 17.9 Å². The minimum Gasteiger partial charge on any atom is -0.359 e. The molecule has 0 saturated heterocycles. The van der Waals surface area contributed by atoms with Crippen LogP contribution in [0.2, 0.25) is 0 Å². The number of fused-ring (bicyclic) bond motifs is 2. The number of hydrogen-bond donors (Lipinski definition) is 1. The Labute approximate surface area is 147 Å². The fourth-order valence-corrected chi connectivity index (χ4v) is 3.69. The molecule has 1 N–H and O–H groups in total. The molecule has 4 rings (SSSR count). The molecule has 0 aliphatic carbocycles. The van der Waals surface area contributed by atoms with Gasteiger partial charge in [-0.1, -0.05) is 30.3 Å². The quantitative estimate of drug-likeness (QED) is 0.918. The molecule has 128 valence electrons. The van der Waals surface area contributed by atoms with Crippen LogP contribution in [0.5, 0.6) is 0 Å². The van der Waals surface area contributed by atoms with Crippen molar-refractivity contribution in [1.29, 1.82) is 0 Å².